The highest BCUT2D eigenvalue weighted by Crippen LogP contribution is 2.34. The fraction of sp³-hybridized carbons (Fsp3) is 0.105. The Kier molecular flexibility index (Phi) is 4.89. The lowest BCUT2D eigenvalue weighted by atomic mass is 10.1. The van der Waals surface area contributed by atoms with Crippen molar-refractivity contribution < 1.29 is 23.8 Å². The summed E-state index contributed by atoms with van der Waals surface area (Å²) in [4.78, 5) is 27.7. The van der Waals surface area contributed by atoms with E-state index in [1.807, 2.05) is 0 Å². The van der Waals surface area contributed by atoms with Crippen LogP contribution >= 0.6 is 0 Å². The van der Waals surface area contributed by atoms with Gasteiger partial charge in [-0.25, -0.2) is 4.79 Å². The molecule has 2 aromatic rings. The van der Waals surface area contributed by atoms with Gasteiger partial charge in [-0.3, -0.25) is 9.78 Å². The van der Waals surface area contributed by atoms with Crippen LogP contribution in [0.15, 0.2) is 61.1 Å². The molecule has 0 saturated carbocycles. The van der Waals surface area contributed by atoms with Crippen LogP contribution in [0.1, 0.15) is 15.9 Å². The molecule has 0 unspecified atom stereocenters. The minimum Gasteiger partial charge on any atom is -0.482 e. The summed E-state index contributed by atoms with van der Waals surface area (Å²) in [6.07, 6.45) is 6.40. The lowest BCUT2D eigenvalue weighted by Crippen LogP contribution is -2.14. The predicted molar refractivity (Wildman–Crippen MR) is 90.3 cm³/mol. The van der Waals surface area contributed by atoms with Gasteiger partial charge in [0, 0.05) is 18.5 Å². The molecule has 3 rings (SSSR count). The van der Waals surface area contributed by atoms with Crippen LogP contribution in [0.5, 0.6) is 11.5 Å². The van der Waals surface area contributed by atoms with E-state index >= 15 is 0 Å². The minimum atomic E-state index is -0.504. The Labute approximate surface area is 144 Å². The Hall–Kier alpha value is -3.41. The maximum atomic E-state index is 12.4. The van der Waals surface area contributed by atoms with E-state index in [4.69, 9.17) is 14.2 Å². The van der Waals surface area contributed by atoms with Gasteiger partial charge in [0.2, 0.25) is 5.78 Å². The average molecular weight is 337 g/mol. The van der Waals surface area contributed by atoms with E-state index in [2.05, 4.69) is 11.6 Å². The summed E-state index contributed by atoms with van der Waals surface area (Å²) in [5.41, 5.74) is 1.26. The largest absolute Gasteiger partial charge is 0.482 e. The molecule has 0 bridgehead atoms. The molecule has 0 spiro atoms. The van der Waals surface area contributed by atoms with Gasteiger partial charge in [-0.1, -0.05) is 12.7 Å². The highest BCUT2D eigenvalue weighted by Gasteiger charge is 2.27. The maximum Gasteiger partial charge on any atom is 0.344 e. The maximum absolute atomic E-state index is 12.4. The van der Waals surface area contributed by atoms with Gasteiger partial charge in [0.05, 0.1) is 5.56 Å². The van der Waals surface area contributed by atoms with Gasteiger partial charge in [-0.15, -0.1) is 0 Å². The molecule has 0 saturated heterocycles. The van der Waals surface area contributed by atoms with Crippen molar-refractivity contribution in [3.05, 3.63) is 72.3 Å². The second-order valence-electron chi connectivity index (χ2n) is 5.14. The van der Waals surface area contributed by atoms with E-state index in [0.717, 1.165) is 5.56 Å². The molecule has 0 amide bonds. The van der Waals surface area contributed by atoms with Crippen molar-refractivity contribution >= 4 is 17.8 Å². The van der Waals surface area contributed by atoms with Crippen molar-refractivity contribution in [1.29, 1.82) is 0 Å². The van der Waals surface area contributed by atoms with Crippen LogP contribution in [0.25, 0.3) is 6.08 Å². The fourth-order valence-corrected chi connectivity index (χ4v) is 2.20. The van der Waals surface area contributed by atoms with E-state index in [9.17, 15) is 9.59 Å². The minimum absolute atomic E-state index is 0.132. The second-order valence-corrected chi connectivity index (χ2v) is 5.14. The molecule has 1 aliphatic heterocycles. The number of pyridine rings is 1. The van der Waals surface area contributed by atoms with Crippen LogP contribution in [-0.4, -0.2) is 30.0 Å². The quantitative estimate of drug-likeness (QED) is 0.458. The number of carbonyl (C=O) groups is 2. The summed E-state index contributed by atoms with van der Waals surface area (Å²) in [5, 5.41) is 0. The van der Waals surface area contributed by atoms with E-state index in [1.54, 1.807) is 48.8 Å². The topological polar surface area (TPSA) is 74.7 Å². The Bertz CT molecular complexity index is 842. The molecule has 0 atom stereocenters. The number of ether oxygens (including phenoxy) is 3. The lowest BCUT2D eigenvalue weighted by molar-refractivity contribution is -0.144. The zero-order valence-corrected chi connectivity index (χ0v) is 13.3. The molecule has 126 valence electrons. The Balaban J connectivity index is 1.70. The van der Waals surface area contributed by atoms with Gasteiger partial charge in [-0.05, 0) is 35.9 Å². The fourth-order valence-electron chi connectivity index (χ4n) is 2.20. The highest BCUT2D eigenvalue weighted by molar-refractivity contribution is 6.14. The molecular weight excluding hydrogens is 322 g/mol. The third-order valence-corrected chi connectivity index (χ3v) is 3.36. The number of benzene rings is 1. The molecular formula is C19H15NO5. The first kappa shape index (κ1) is 16.4. The molecule has 6 heteroatoms. The summed E-state index contributed by atoms with van der Waals surface area (Å²) in [6, 6.07) is 8.33. The molecule has 1 aromatic heterocycles. The van der Waals surface area contributed by atoms with Gasteiger partial charge in [0.15, 0.2) is 12.4 Å². The first-order chi connectivity index (χ1) is 12.2. The number of esters is 1. The van der Waals surface area contributed by atoms with Gasteiger partial charge in [0.25, 0.3) is 0 Å². The Morgan fingerprint density at radius 2 is 2.04 bits per heavy atom. The Morgan fingerprint density at radius 1 is 1.24 bits per heavy atom. The molecule has 0 N–H and O–H groups in total. The van der Waals surface area contributed by atoms with Crippen LogP contribution < -0.4 is 9.47 Å². The van der Waals surface area contributed by atoms with E-state index in [0.29, 0.717) is 17.1 Å². The molecule has 0 radical (unpaired) electrons. The zero-order chi connectivity index (χ0) is 17.6. The monoisotopic (exact) mass is 337 g/mol. The van der Waals surface area contributed by atoms with E-state index < -0.39 is 5.97 Å². The number of hydrogen-bond donors (Lipinski definition) is 0. The summed E-state index contributed by atoms with van der Waals surface area (Å²) in [5.74, 6) is 0.317. The summed E-state index contributed by atoms with van der Waals surface area (Å²) < 4.78 is 15.8. The molecule has 1 aromatic carbocycles. The number of ketones is 1. The molecule has 25 heavy (non-hydrogen) atoms. The van der Waals surface area contributed by atoms with Crippen molar-refractivity contribution in [1.82, 2.24) is 4.98 Å². The first-order valence-electron chi connectivity index (χ1n) is 7.55. The van der Waals surface area contributed by atoms with Crippen LogP contribution in [0.3, 0.4) is 0 Å². The predicted octanol–water partition coefficient (Wildman–Crippen LogP) is 2.81. The normalized spacial score (nSPS) is 13.9. The number of aromatic nitrogens is 1. The van der Waals surface area contributed by atoms with E-state index in [1.165, 1.54) is 6.08 Å². The molecule has 1 aliphatic rings. The van der Waals surface area contributed by atoms with Crippen molar-refractivity contribution in [3.8, 4) is 11.5 Å². The molecule has 6 nitrogen and oxygen atoms in total. The van der Waals surface area contributed by atoms with Crippen molar-refractivity contribution in [2.24, 2.45) is 0 Å². The van der Waals surface area contributed by atoms with Gasteiger partial charge < -0.3 is 14.2 Å². The zero-order valence-electron chi connectivity index (χ0n) is 13.3. The first-order valence-corrected chi connectivity index (χ1v) is 7.55. The van der Waals surface area contributed by atoms with Crippen molar-refractivity contribution in [2.45, 2.75) is 0 Å². The SMILES string of the molecule is C=CCOC(=O)COc1ccc2c(c1)OC(=Cc1ccncc1)C2=O. The smallest absolute Gasteiger partial charge is 0.344 e. The van der Waals surface area contributed by atoms with Crippen LogP contribution in [-0.2, 0) is 9.53 Å². The van der Waals surface area contributed by atoms with Crippen LogP contribution in [0, 0.1) is 0 Å². The number of nitrogens with zero attached hydrogens (tertiary/aromatic N) is 1. The number of Topliss-reactive ketones (excluding diaryl/α,β-unsaturated/α-hetero) is 1. The lowest BCUT2D eigenvalue weighted by Gasteiger charge is -2.06. The number of fused-ring (bicyclic) bond motifs is 1. The summed E-state index contributed by atoms with van der Waals surface area (Å²) >= 11 is 0. The third kappa shape index (κ3) is 3.92. The summed E-state index contributed by atoms with van der Waals surface area (Å²) in [6.45, 7) is 3.36. The van der Waals surface area contributed by atoms with Gasteiger partial charge >= 0.3 is 5.97 Å². The van der Waals surface area contributed by atoms with Gasteiger partial charge in [0.1, 0.15) is 18.1 Å². The van der Waals surface area contributed by atoms with Crippen molar-refractivity contribution in [3.63, 3.8) is 0 Å². The number of hydrogen-bond acceptors (Lipinski definition) is 6. The van der Waals surface area contributed by atoms with Crippen LogP contribution in [0.4, 0.5) is 0 Å². The number of allylic oxidation sites excluding steroid dienone is 1. The number of rotatable bonds is 6. The highest BCUT2D eigenvalue weighted by atomic mass is 16.6. The molecule has 0 fully saturated rings. The third-order valence-electron chi connectivity index (χ3n) is 3.36. The second kappa shape index (κ2) is 7.44. The standard InChI is InChI=1S/C19H15NO5/c1-2-9-23-18(21)12-24-14-3-4-15-16(11-14)25-17(19(15)22)10-13-5-7-20-8-6-13/h2-8,10-11H,1,9,12H2. The average Bonchev–Trinajstić information content (AvgIpc) is 2.94. The van der Waals surface area contributed by atoms with Crippen LogP contribution in [0.2, 0.25) is 0 Å². The van der Waals surface area contributed by atoms with E-state index in [-0.39, 0.29) is 24.8 Å². The van der Waals surface area contributed by atoms with Crippen molar-refractivity contribution in [2.75, 3.05) is 13.2 Å². The number of carbonyl (C=O) groups excluding carboxylic acids is 2. The molecule has 0 aliphatic carbocycles. The Morgan fingerprint density at radius 3 is 2.80 bits per heavy atom. The summed E-state index contributed by atoms with van der Waals surface area (Å²) in [7, 11) is 0. The van der Waals surface area contributed by atoms with Gasteiger partial charge in [-0.2, -0.15) is 0 Å². The molecule has 2 heterocycles.